The van der Waals surface area contributed by atoms with Crippen molar-refractivity contribution >= 4 is 40.7 Å². The minimum atomic E-state index is -1.95. The van der Waals surface area contributed by atoms with E-state index in [-0.39, 0.29) is 5.76 Å². The lowest BCUT2D eigenvalue weighted by molar-refractivity contribution is 0.0891. The zero-order valence-electron chi connectivity index (χ0n) is 9.79. The van der Waals surface area contributed by atoms with Gasteiger partial charge in [0.05, 0.1) is 6.26 Å². The van der Waals surface area contributed by atoms with Crippen LogP contribution in [0.25, 0.3) is 0 Å². The highest BCUT2D eigenvalue weighted by Gasteiger charge is 2.36. The summed E-state index contributed by atoms with van der Waals surface area (Å²) in [5.41, 5.74) is -0.663. The molecule has 2 aromatic rings. The monoisotopic (exact) mass is 335 g/mol. The molecule has 0 spiro atoms. The van der Waals surface area contributed by atoms with Gasteiger partial charge in [0, 0.05) is 12.4 Å². The predicted octanol–water partition coefficient (Wildman–Crippen LogP) is 2.14. The van der Waals surface area contributed by atoms with Crippen LogP contribution >= 0.6 is 34.8 Å². The first-order valence-corrected chi connectivity index (χ1v) is 6.47. The molecule has 106 valence electrons. The van der Waals surface area contributed by atoms with E-state index in [0.29, 0.717) is 0 Å². The van der Waals surface area contributed by atoms with Crippen molar-refractivity contribution < 1.29 is 9.21 Å². The van der Waals surface area contributed by atoms with Crippen molar-refractivity contribution in [3.8, 4) is 0 Å². The lowest BCUT2D eigenvalue weighted by atomic mass is 10.4. The van der Waals surface area contributed by atoms with Crippen LogP contribution in [0.4, 0.5) is 0 Å². The number of halogens is 3. The van der Waals surface area contributed by atoms with Gasteiger partial charge < -0.3 is 9.73 Å². The van der Waals surface area contributed by atoms with Crippen molar-refractivity contribution in [3.05, 3.63) is 53.1 Å². The van der Waals surface area contributed by atoms with E-state index in [1.54, 1.807) is 0 Å². The Morgan fingerprint density at radius 2 is 2.15 bits per heavy atom. The number of carbonyl (C=O) groups excluding carboxylic acids is 1. The van der Waals surface area contributed by atoms with Crippen LogP contribution in [0.3, 0.4) is 0 Å². The zero-order valence-corrected chi connectivity index (χ0v) is 12.1. The topological polar surface area (TPSA) is 77.1 Å². The minimum absolute atomic E-state index is 0.0289. The Bertz CT molecular complexity index is 649. The van der Waals surface area contributed by atoms with Gasteiger partial charge in [-0.3, -0.25) is 9.36 Å². The van der Waals surface area contributed by atoms with Crippen molar-refractivity contribution in [1.29, 1.82) is 0 Å². The number of alkyl halides is 3. The van der Waals surface area contributed by atoms with Gasteiger partial charge in [0.1, 0.15) is 0 Å². The number of rotatable bonds is 3. The Labute approximate surface area is 128 Å². The molecule has 0 aliphatic carbocycles. The van der Waals surface area contributed by atoms with E-state index < -0.39 is 21.6 Å². The Morgan fingerprint density at radius 1 is 1.40 bits per heavy atom. The quantitative estimate of drug-likeness (QED) is 0.871. The van der Waals surface area contributed by atoms with Gasteiger partial charge in [-0.2, -0.15) is 0 Å². The molecule has 0 aromatic carbocycles. The predicted molar refractivity (Wildman–Crippen MR) is 74.0 cm³/mol. The second-order valence-corrected chi connectivity index (χ2v) is 6.07. The average molecular weight is 337 g/mol. The van der Waals surface area contributed by atoms with E-state index in [4.69, 9.17) is 39.2 Å². The maximum absolute atomic E-state index is 11.9. The molecule has 1 amide bonds. The van der Waals surface area contributed by atoms with Gasteiger partial charge in [0.25, 0.3) is 5.91 Å². The molecule has 20 heavy (non-hydrogen) atoms. The highest BCUT2D eigenvalue weighted by Crippen LogP contribution is 2.36. The van der Waals surface area contributed by atoms with Gasteiger partial charge in [0.2, 0.25) is 3.79 Å². The Hall–Kier alpha value is -1.50. The summed E-state index contributed by atoms with van der Waals surface area (Å²) < 4.78 is 3.99. The number of nitrogens with one attached hydrogen (secondary N) is 1. The van der Waals surface area contributed by atoms with Crippen LogP contribution in [0.5, 0.6) is 0 Å². The van der Waals surface area contributed by atoms with Gasteiger partial charge in [-0.15, -0.1) is 0 Å². The molecule has 6 nitrogen and oxygen atoms in total. The van der Waals surface area contributed by atoms with Crippen LogP contribution < -0.4 is 11.0 Å². The highest BCUT2D eigenvalue weighted by atomic mass is 35.6. The van der Waals surface area contributed by atoms with Crippen molar-refractivity contribution in [1.82, 2.24) is 14.9 Å². The van der Waals surface area contributed by atoms with Crippen molar-refractivity contribution in [2.45, 2.75) is 9.96 Å². The normalized spacial score (nSPS) is 12.9. The van der Waals surface area contributed by atoms with Crippen LogP contribution in [0, 0.1) is 0 Å². The summed E-state index contributed by atoms with van der Waals surface area (Å²) in [6.07, 6.45) is 2.74. The molecule has 0 bridgehead atoms. The van der Waals surface area contributed by atoms with E-state index in [9.17, 15) is 9.59 Å². The second kappa shape index (κ2) is 5.87. The lowest BCUT2D eigenvalue weighted by Crippen LogP contribution is -2.44. The molecule has 0 radical (unpaired) electrons. The Morgan fingerprint density at radius 3 is 2.70 bits per heavy atom. The Balaban J connectivity index is 2.33. The van der Waals surface area contributed by atoms with Gasteiger partial charge in [-0.25, -0.2) is 9.78 Å². The number of carbonyl (C=O) groups is 1. The van der Waals surface area contributed by atoms with Gasteiger partial charge in [-0.1, -0.05) is 34.8 Å². The smallest absolute Gasteiger partial charge is 0.349 e. The summed E-state index contributed by atoms with van der Waals surface area (Å²) in [6, 6.07) is 4.45. The molecule has 1 N–H and O–H groups in total. The van der Waals surface area contributed by atoms with Gasteiger partial charge >= 0.3 is 5.69 Å². The fraction of sp³-hybridized carbons (Fsp3) is 0.182. The van der Waals surface area contributed by atoms with Gasteiger partial charge in [0.15, 0.2) is 11.9 Å². The van der Waals surface area contributed by atoms with E-state index >= 15 is 0 Å². The number of furan rings is 1. The second-order valence-electron chi connectivity index (χ2n) is 3.70. The number of aromatic nitrogens is 2. The zero-order chi connectivity index (χ0) is 14.8. The molecule has 0 unspecified atom stereocenters. The first kappa shape index (κ1) is 14.9. The third kappa shape index (κ3) is 3.33. The maximum Gasteiger partial charge on any atom is 0.349 e. The third-order valence-electron chi connectivity index (χ3n) is 2.34. The molecule has 0 aliphatic rings. The molecule has 9 heteroatoms. The molecule has 2 aromatic heterocycles. The summed E-state index contributed by atoms with van der Waals surface area (Å²) in [5.74, 6) is -0.594. The van der Waals surface area contributed by atoms with Crippen LogP contribution in [0.15, 0.2) is 46.1 Å². The van der Waals surface area contributed by atoms with E-state index in [0.717, 1.165) is 4.57 Å². The molecular formula is C11H8Cl3N3O3. The lowest BCUT2D eigenvalue weighted by Gasteiger charge is -2.26. The number of hydrogen-bond donors (Lipinski definition) is 1. The van der Waals surface area contributed by atoms with Crippen molar-refractivity contribution in [2.75, 3.05) is 0 Å². The summed E-state index contributed by atoms with van der Waals surface area (Å²) in [5, 5.41) is 2.41. The molecule has 1 atom stereocenters. The van der Waals surface area contributed by atoms with E-state index in [1.807, 2.05) is 0 Å². The van der Waals surface area contributed by atoms with Crippen LogP contribution in [-0.4, -0.2) is 19.3 Å². The molecule has 2 rings (SSSR count). The molecule has 0 saturated heterocycles. The largest absolute Gasteiger partial charge is 0.459 e. The fourth-order valence-corrected chi connectivity index (χ4v) is 1.96. The SMILES string of the molecule is O=C(N[C@@H](n1cccnc1=O)C(Cl)(Cl)Cl)c1ccco1. The molecule has 2 heterocycles. The van der Waals surface area contributed by atoms with E-state index in [1.165, 1.54) is 36.9 Å². The summed E-state index contributed by atoms with van der Waals surface area (Å²) >= 11 is 17.4. The maximum atomic E-state index is 11.9. The number of amides is 1. The van der Waals surface area contributed by atoms with Crippen LogP contribution in [-0.2, 0) is 0 Å². The highest BCUT2D eigenvalue weighted by molar-refractivity contribution is 6.67. The van der Waals surface area contributed by atoms with E-state index in [2.05, 4.69) is 10.3 Å². The van der Waals surface area contributed by atoms with Crippen LogP contribution in [0.2, 0.25) is 0 Å². The minimum Gasteiger partial charge on any atom is -0.459 e. The van der Waals surface area contributed by atoms with Crippen molar-refractivity contribution in [2.24, 2.45) is 0 Å². The first-order valence-electron chi connectivity index (χ1n) is 5.34. The summed E-state index contributed by atoms with van der Waals surface area (Å²) in [6.45, 7) is 0. The summed E-state index contributed by atoms with van der Waals surface area (Å²) in [7, 11) is 0. The molecule has 0 fully saturated rings. The van der Waals surface area contributed by atoms with Crippen molar-refractivity contribution in [3.63, 3.8) is 0 Å². The number of hydrogen-bond acceptors (Lipinski definition) is 4. The van der Waals surface area contributed by atoms with Gasteiger partial charge in [-0.05, 0) is 18.2 Å². The Kier molecular flexibility index (Phi) is 4.37. The standard InChI is InChI=1S/C11H8Cl3N3O3/c12-11(13,14)9(17-5-2-4-15-10(17)19)16-8(18)7-3-1-6-20-7/h1-6,9H,(H,16,18)/t9-/m0/s1. The average Bonchev–Trinajstić information content (AvgIpc) is 2.89. The molecular weight excluding hydrogens is 328 g/mol. The third-order valence-corrected chi connectivity index (χ3v) is 2.96. The molecule has 0 aliphatic heterocycles. The molecule has 0 saturated carbocycles. The summed E-state index contributed by atoms with van der Waals surface area (Å²) in [4.78, 5) is 27.1. The van der Waals surface area contributed by atoms with Crippen LogP contribution in [0.1, 0.15) is 16.7 Å². The number of nitrogens with zero attached hydrogens (tertiary/aromatic N) is 2. The first-order chi connectivity index (χ1) is 9.39. The fourth-order valence-electron chi connectivity index (χ4n) is 1.48.